The molecule has 2 unspecified atom stereocenters. The highest BCUT2D eigenvalue weighted by Gasteiger charge is 2.37. The zero-order valence-electron chi connectivity index (χ0n) is 24.8. The zero-order chi connectivity index (χ0) is 30.1. The lowest BCUT2D eigenvalue weighted by molar-refractivity contribution is -0.158. The van der Waals surface area contributed by atoms with Crippen molar-refractivity contribution >= 4 is 29.5 Å². The van der Waals surface area contributed by atoms with Crippen LogP contribution < -0.4 is 9.47 Å². The lowest BCUT2D eigenvalue weighted by atomic mass is 9.77. The fraction of sp³-hybridized carbons (Fsp3) is 0.400. The predicted octanol–water partition coefficient (Wildman–Crippen LogP) is 7.58. The maximum absolute atomic E-state index is 13.9. The molecule has 0 aromatic heterocycles. The molecule has 0 heterocycles. The molecule has 42 heavy (non-hydrogen) atoms. The van der Waals surface area contributed by atoms with Crippen molar-refractivity contribution in [2.45, 2.75) is 63.4 Å². The van der Waals surface area contributed by atoms with Crippen LogP contribution in [0.15, 0.2) is 83.8 Å². The number of rotatable bonds is 11. The Hall–Kier alpha value is -3.58. The largest absolute Gasteiger partial charge is 0.476 e. The first-order valence-electron chi connectivity index (χ1n) is 14.6. The lowest BCUT2D eigenvalue weighted by Crippen LogP contribution is -2.39. The summed E-state index contributed by atoms with van der Waals surface area (Å²) in [5.74, 6) is 0.00595. The third-order valence-corrected chi connectivity index (χ3v) is 8.54. The first-order chi connectivity index (χ1) is 20.2. The van der Waals surface area contributed by atoms with Gasteiger partial charge in [0.25, 0.3) is 0 Å². The SMILES string of the molecule is CCOC(=O)C(C)(C)Oc1ccc(C[C@H]2CC(C(=O)Oc3ccccc3)CCCC2C(=O)c2ccc(SC)cc2)cc1. The molecule has 7 heteroatoms. The van der Waals surface area contributed by atoms with Gasteiger partial charge < -0.3 is 14.2 Å². The predicted molar refractivity (Wildman–Crippen MR) is 165 cm³/mol. The molecule has 3 aromatic carbocycles. The van der Waals surface area contributed by atoms with Gasteiger partial charge in [0, 0.05) is 16.4 Å². The number of carbonyl (C=O) groups excluding carboxylic acids is 3. The van der Waals surface area contributed by atoms with E-state index in [9.17, 15) is 14.4 Å². The molecule has 4 rings (SSSR count). The Morgan fingerprint density at radius 2 is 1.57 bits per heavy atom. The minimum Gasteiger partial charge on any atom is -0.476 e. The van der Waals surface area contributed by atoms with E-state index < -0.39 is 11.6 Å². The molecule has 3 aromatic rings. The van der Waals surface area contributed by atoms with Crippen LogP contribution in [0.5, 0.6) is 11.5 Å². The number of Topliss-reactive ketones (excluding diaryl/α,β-unsaturated/α-hetero) is 1. The summed E-state index contributed by atoms with van der Waals surface area (Å²) in [6, 6.07) is 24.5. The summed E-state index contributed by atoms with van der Waals surface area (Å²) in [6.45, 7) is 5.41. The van der Waals surface area contributed by atoms with Crippen LogP contribution in [0.3, 0.4) is 0 Å². The summed E-state index contributed by atoms with van der Waals surface area (Å²) >= 11 is 1.64. The molecule has 0 radical (unpaired) electrons. The number of para-hydroxylation sites is 1. The van der Waals surface area contributed by atoms with Crippen molar-refractivity contribution < 1.29 is 28.6 Å². The number of hydrogen-bond acceptors (Lipinski definition) is 7. The van der Waals surface area contributed by atoms with Crippen molar-refractivity contribution in [3.05, 3.63) is 90.0 Å². The summed E-state index contributed by atoms with van der Waals surface area (Å²) in [7, 11) is 0. The number of benzene rings is 3. The second-order valence-corrected chi connectivity index (χ2v) is 12.1. The van der Waals surface area contributed by atoms with E-state index in [1.165, 1.54) is 0 Å². The molecule has 0 amide bonds. The maximum Gasteiger partial charge on any atom is 0.349 e. The van der Waals surface area contributed by atoms with Crippen LogP contribution in [-0.2, 0) is 20.7 Å². The van der Waals surface area contributed by atoms with E-state index in [-0.39, 0.29) is 36.1 Å². The molecular formula is C35H40O6S. The van der Waals surface area contributed by atoms with Crippen LogP contribution in [0, 0.1) is 17.8 Å². The minimum atomic E-state index is -1.12. The highest BCUT2D eigenvalue weighted by Crippen LogP contribution is 2.38. The first kappa shape index (κ1) is 31.4. The molecule has 0 aliphatic heterocycles. The number of carbonyl (C=O) groups is 3. The molecule has 6 nitrogen and oxygen atoms in total. The van der Waals surface area contributed by atoms with Gasteiger partial charge in [-0.2, -0.15) is 0 Å². The molecule has 1 fully saturated rings. The van der Waals surface area contributed by atoms with Gasteiger partial charge in [0.1, 0.15) is 11.5 Å². The van der Waals surface area contributed by atoms with E-state index in [1.54, 1.807) is 44.7 Å². The highest BCUT2D eigenvalue weighted by molar-refractivity contribution is 7.98. The first-order valence-corrected chi connectivity index (χ1v) is 15.8. The second-order valence-electron chi connectivity index (χ2n) is 11.2. The topological polar surface area (TPSA) is 78.9 Å². The number of esters is 2. The summed E-state index contributed by atoms with van der Waals surface area (Å²) in [4.78, 5) is 40.5. The molecule has 1 saturated carbocycles. The van der Waals surface area contributed by atoms with Crippen LogP contribution in [0.4, 0.5) is 0 Å². The van der Waals surface area contributed by atoms with E-state index in [0.717, 1.165) is 23.3 Å². The van der Waals surface area contributed by atoms with Gasteiger partial charge in [-0.3, -0.25) is 9.59 Å². The van der Waals surface area contributed by atoms with Crippen LogP contribution >= 0.6 is 11.8 Å². The smallest absolute Gasteiger partial charge is 0.349 e. The Morgan fingerprint density at radius 3 is 2.21 bits per heavy atom. The highest BCUT2D eigenvalue weighted by atomic mass is 32.2. The Kier molecular flexibility index (Phi) is 10.9. The molecule has 0 N–H and O–H groups in total. The molecule has 1 aliphatic rings. The number of hydrogen-bond donors (Lipinski definition) is 0. The molecule has 1 aliphatic carbocycles. The monoisotopic (exact) mass is 588 g/mol. The fourth-order valence-corrected chi connectivity index (χ4v) is 5.96. The number of thioether (sulfide) groups is 1. The summed E-state index contributed by atoms with van der Waals surface area (Å²) in [5, 5.41) is 0. The van der Waals surface area contributed by atoms with E-state index >= 15 is 0 Å². The van der Waals surface area contributed by atoms with Gasteiger partial charge in [0.2, 0.25) is 0 Å². The molecule has 222 valence electrons. The van der Waals surface area contributed by atoms with Gasteiger partial charge >= 0.3 is 11.9 Å². The van der Waals surface area contributed by atoms with Gasteiger partial charge in [-0.05, 0) is 101 Å². The summed E-state index contributed by atoms with van der Waals surface area (Å²) in [5.41, 5.74) is 0.626. The van der Waals surface area contributed by atoms with E-state index in [4.69, 9.17) is 14.2 Å². The van der Waals surface area contributed by atoms with Crippen LogP contribution in [0.2, 0.25) is 0 Å². The van der Waals surface area contributed by atoms with Gasteiger partial charge in [0.15, 0.2) is 11.4 Å². The summed E-state index contributed by atoms with van der Waals surface area (Å²) in [6.07, 6.45) is 5.40. The molecule has 0 spiro atoms. The van der Waals surface area contributed by atoms with E-state index in [0.29, 0.717) is 36.3 Å². The Labute approximate surface area is 253 Å². The van der Waals surface area contributed by atoms with Gasteiger partial charge in [-0.1, -0.05) is 48.9 Å². The van der Waals surface area contributed by atoms with Crippen molar-refractivity contribution in [3.63, 3.8) is 0 Å². The third-order valence-electron chi connectivity index (χ3n) is 7.79. The zero-order valence-corrected chi connectivity index (χ0v) is 25.7. The fourth-order valence-electron chi connectivity index (χ4n) is 5.55. The lowest BCUT2D eigenvalue weighted by Gasteiger charge is -2.26. The molecule has 3 atom stereocenters. The normalized spacial score (nSPS) is 18.9. The minimum absolute atomic E-state index is 0.0451. The van der Waals surface area contributed by atoms with E-state index in [2.05, 4.69) is 0 Å². The average Bonchev–Trinajstić information content (AvgIpc) is 3.21. The van der Waals surface area contributed by atoms with Crippen molar-refractivity contribution in [3.8, 4) is 11.5 Å². The standard InChI is InChI=1S/C35H40O6S/c1-5-39-34(38)35(2,3)41-29-18-14-24(15-19-29)22-27-23-26(33(37)40-28-11-7-6-8-12-28)10-9-13-31(27)32(36)25-16-20-30(42-4)21-17-25/h6-8,11-12,14-21,26-27,31H,5,9-10,13,22-23H2,1-4H3/t26?,27-,31?/m0/s1. The molecule has 0 bridgehead atoms. The number of ether oxygens (including phenoxy) is 3. The molecule has 0 saturated heterocycles. The van der Waals surface area contributed by atoms with Gasteiger partial charge in [0.05, 0.1) is 12.5 Å². The second kappa shape index (κ2) is 14.5. The Bertz CT molecular complexity index is 1330. The van der Waals surface area contributed by atoms with Crippen LogP contribution in [-0.4, -0.2) is 36.2 Å². The number of ketones is 1. The van der Waals surface area contributed by atoms with E-state index in [1.807, 2.05) is 73.0 Å². The van der Waals surface area contributed by atoms with Gasteiger partial charge in [-0.25, -0.2) is 4.79 Å². The third kappa shape index (κ3) is 8.25. The van der Waals surface area contributed by atoms with Crippen LogP contribution in [0.1, 0.15) is 62.4 Å². The Balaban J connectivity index is 1.54. The van der Waals surface area contributed by atoms with Crippen molar-refractivity contribution in [2.24, 2.45) is 17.8 Å². The molecular weight excluding hydrogens is 548 g/mol. The van der Waals surface area contributed by atoms with Crippen molar-refractivity contribution in [1.82, 2.24) is 0 Å². The average molecular weight is 589 g/mol. The van der Waals surface area contributed by atoms with Crippen molar-refractivity contribution in [1.29, 1.82) is 0 Å². The van der Waals surface area contributed by atoms with Crippen molar-refractivity contribution in [2.75, 3.05) is 12.9 Å². The Morgan fingerprint density at radius 1 is 0.881 bits per heavy atom. The van der Waals surface area contributed by atoms with Gasteiger partial charge in [-0.15, -0.1) is 11.8 Å². The summed E-state index contributed by atoms with van der Waals surface area (Å²) < 4.78 is 16.8. The quantitative estimate of drug-likeness (QED) is 0.0751. The van der Waals surface area contributed by atoms with Crippen LogP contribution in [0.25, 0.3) is 0 Å². The maximum atomic E-state index is 13.9.